The number of carboxylic acid groups (broad SMARTS) is 1. The predicted octanol–water partition coefficient (Wildman–Crippen LogP) is 2.36. The molecule has 2 unspecified atom stereocenters. The van der Waals surface area contributed by atoms with Gasteiger partial charge >= 0.3 is 12.0 Å². The minimum absolute atomic E-state index is 0.198. The second-order valence-electron chi connectivity index (χ2n) is 6.67. The Balaban J connectivity index is 2.62. The Morgan fingerprint density at radius 3 is 2.16 bits per heavy atom. The summed E-state index contributed by atoms with van der Waals surface area (Å²) in [6, 6.07) is -0.0817. The first-order chi connectivity index (χ1) is 8.58. The van der Waals surface area contributed by atoms with Crippen LogP contribution in [-0.4, -0.2) is 28.7 Å². The van der Waals surface area contributed by atoms with E-state index in [2.05, 4.69) is 17.6 Å². The highest BCUT2D eigenvalue weighted by Gasteiger charge is 2.44. The second kappa shape index (κ2) is 5.39. The minimum atomic E-state index is -1.04. The summed E-state index contributed by atoms with van der Waals surface area (Å²) in [6.45, 7) is 8.84. The van der Waals surface area contributed by atoms with Gasteiger partial charge in [-0.3, -0.25) is 4.79 Å². The fourth-order valence-electron chi connectivity index (χ4n) is 2.27. The van der Waals surface area contributed by atoms with E-state index in [1.807, 2.05) is 0 Å². The van der Waals surface area contributed by atoms with Gasteiger partial charge in [0.05, 0.1) is 11.0 Å². The lowest BCUT2D eigenvalue weighted by Gasteiger charge is -2.39. The number of hydrogen-bond donors (Lipinski definition) is 3. The molecule has 0 aliphatic heterocycles. The zero-order valence-corrected chi connectivity index (χ0v) is 12.5. The molecule has 1 fully saturated rings. The van der Waals surface area contributed by atoms with Crippen molar-refractivity contribution >= 4 is 12.0 Å². The lowest BCUT2D eigenvalue weighted by molar-refractivity contribution is -0.150. The van der Waals surface area contributed by atoms with Crippen molar-refractivity contribution in [2.24, 2.45) is 11.3 Å². The van der Waals surface area contributed by atoms with E-state index in [-0.39, 0.29) is 12.1 Å². The second-order valence-corrected chi connectivity index (χ2v) is 6.67. The largest absolute Gasteiger partial charge is 0.481 e. The molecule has 0 bridgehead atoms. The van der Waals surface area contributed by atoms with Crippen molar-refractivity contribution in [1.29, 1.82) is 0 Å². The van der Waals surface area contributed by atoms with E-state index in [1.165, 1.54) is 0 Å². The maximum atomic E-state index is 12.0. The Kier molecular flexibility index (Phi) is 4.48. The molecular weight excluding hydrogens is 244 g/mol. The van der Waals surface area contributed by atoms with Gasteiger partial charge in [0.25, 0.3) is 0 Å². The van der Waals surface area contributed by atoms with Crippen LogP contribution in [0.15, 0.2) is 0 Å². The molecule has 0 saturated heterocycles. The maximum Gasteiger partial charge on any atom is 0.315 e. The van der Waals surface area contributed by atoms with E-state index in [0.29, 0.717) is 5.92 Å². The van der Waals surface area contributed by atoms with Crippen molar-refractivity contribution < 1.29 is 14.7 Å². The number of amides is 2. The highest BCUT2D eigenvalue weighted by molar-refractivity contribution is 5.79. The summed E-state index contributed by atoms with van der Waals surface area (Å²) in [4.78, 5) is 23.3. The number of hydrogen-bond acceptors (Lipinski definition) is 2. The SMILES string of the molecule is CC1CCCC1NC(=O)NC(C)(C)C(C)(C)C(=O)O. The molecule has 0 aromatic heterocycles. The number of carboxylic acids is 1. The summed E-state index contributed by atoms with van der Waals surface area (Å²) in [7, 11) is 0. The molecule has 0 aromatic rings. The smallest absolute Gasteiger partial charge is 0.315 e. The molecule has 0 radical (unpaired) electrons. The molecule has 1 rings (SSSR count). The molecule has 5 nitrogen and oxygen atoms in total. The zero-order valence-electron chi connectivity index (χ0n) is 12.5. The van der Waals surface area contributed by atoms with Crippen LogP contribution in [0.25, 0.3) is 0 Å². The number of carbonyl (C=O) groups excluding carboxylic acids is 1. The van der Waals surface area contributed by atoms with E-state index in [4.69, 9.17) is 0 Å². The van der Waals surface area contributed by atoms with Gasteiger partial charge in [-0.05, 0) is 46.5 Å². The van der Waals surface area contributed by atoms with Gasteiger partial charge in [-0.15, -0.1) is 0 Å². The van der Waals surface area contributed by atoms with Crippen LogP contribution in [0.1, 0.15) is 53.9 Å². The zero-order chi connectivity index (χ0) is 14.8. The number of nitrogens with one attached hydrogen (secondary N) is 2. The third kappa shape index (κ3) is 3.39. The van der Waals surface area contributed by atoms with E-state index in [9.17, 15) is 14.7 Å². The van der Waals surface area contributed by atoms with Crippen molar-refractivity contribution in [2.75, 3.05) is 0 Å². The molecule has 1 aliphatic rings. The van der Waals surface area contributed by atoms with Gasteiger partial charge < -0.3 is 15.7 Å². The number of aliphatic carboxylic acids is 1. The van der Waals surface area contributed by atoms with Crippen LogP contribution in [0.3, 0.4) is 0 Å². The van der Waals surface area contributed by atoms with Crippen molar-refractivity contribution in [1.82, 2.24) is 10.6 Å². The number of rotatable bonds is 4. The molecule has 19 heavy (non-hydrogen) atoms. The van der Waals surface area contributed by atoms with Gasteiger partial charge in [-0.25, -0.2) is 4.79 Å². The van der Waals surface area contributed by atoms with E-state index in [1.54, 1.807) is 27.7 Å². The lowest BCUT2D eigenvalue weighted by atomic mass is 9.74. The minimum Gasteiger partial charge on any atom is -0.481 e. The molecule has 5 heteroatoms. The fraction of sp³-hybridized carbons (Fsp3) is 0.857. The standard InChI is InChI=1S/C14H26N2O3/c1-9-7-6-8-10(9)15-12(19)16-14(4,5)13(2,3)11(17)18/h9-10H,6-8H2,1-5H3,(H,17,18)(H2,15,16,19). The first-order valence-electron chi connectivity index (χ1n) is 6.90. The summed E-state index contributed by atoms with van der Waals surface area (Å²) < 4.78 is 0. The predicted molar refractivity (Wildman–Crippen MR) is 74.0 cm³/mol. The highest BCUT2D eigenvalue weighted by Crippen LogP contribution is 2.31. The molecule has 0 spiro atoms. The molecule has 2 amide bonds. The van der Waals surface area contributed by atoms with Gasteiger partial charge in [-0.2, -0.15) is 0 Å². The van der Waals surface area contributed by atoms with Gasteiger partial charge in [0.15, 0.2) is 0 Å². The molecule has 0 aromatic carbocycles. The molecule has 3 N–H and O–H groups in total. The quantitative estimate of drug-likeness (QED) is 0.733. The monoisotopic (exact) mass is 270 g/mol. The average molecular weight is 270 g/mol. The summed E-state index contributed by atoms with van der Waals surface area (Å²) in [5.74, 6) is -0.437. The van der Waals surface area contributed by atoms with Gasteiger partial charge in [-0.1, -0.05) is 13.3 Å². The molecule has 2 atom stereocenters. The van der Waals surface area contributed by atoms with E-state index >= 15 is 0 Å². The Morgan fingerprint density at radius 1 is 1.16 bits per heavy atom. The van der Waals surface area contributed by atoms with Crippen molar-refractivity contribution in [3.63, 3.8) is 0 Å². The first-order valence-corrected chi connectivity index (χ1v) is 6.90. The molecule has 1 saturated carbocycles. The average Bonchev–Trinajstić information content (AvgIpc) is 2.62. The summed E-state index contributed by atoms with van der Waals surface area (Å²) in [6.07, 6.45) is 3.27. The lowest BCUT2D eigenvalue weighted by Crippen LogP contribution is -2.60. The van der Waals surface area contributed by atoms with Crippen LogP contribution < -0.4 is 10.6 Å². The van der Waals surface area contributed by atoms with Crippen molar-refractivity contribution in [3.05, 3.63) is 0 Å². The molecule has 1 aliphatic carbocycles. The van der Waals surface area contributed by atoms with Crippen LogP contribution in [0, 0.1) is 11.3 Å². The Hall–Kier alpha value is -1.26. The van der Waals surface area contributed by atoms with Crippen LogP contribution >= 0.6 is 0 Å². The van der Waals surface area contributed by atoms with Gasteiger partial charge in [0, 0.05) is 6.04 Å². The van der Waals surface area contributed by atoms with Crippen molar-refractivity contribution in [3.8, 4) is 0 Å². The van der Waals surface area contributed by atoms with Crippen LogP contribution in [0.2, 0.25) is 0 Å². The van der Waals surface area contributed by atoms with E-state index < -0.39 is 16.9 Å². The number of carbonyl (C=O) groups is 2. The van der Waals surface area contributed by atoms with Crippen molar-refractivity contribution in [2.45, 2.75) is 65.5 Å². The normalized spacial score (nSPS) is 24.1. The summed E-state index contributed by atoms with van der Waals surface area (Å²) in [5, 5.41) is 15.0. The van der Waals surface area contributed by atoms with Crippen LogP contribution in [0.5, 0.6) is 0 Å². The Labute approximate surface area is 115 Å². The van der Waals surface area contributed by atoms with Gasteiger partial charge in [0.1, 0.15) is 0 Å². The fourth-order valence-corrected chi connectivity index (χ4v) is 2.27. The number of urea groups is 1. The van der Waals surface area contributed by atoms with E-state index in [0.717, 1.165) is 19.3 Å². The molecule has 0 heterocycles. The molecule has 110 valence electrons. The topological polar surface area (TPSA) is 78.4 Å². The van der Waals surface area contributed by atoms with Crippen LogP contribution in [-0.2, 0) is 4.79 Å². The third-order valence-electron chi connectivity index (χ3n) is 4.70. The Bertz CT molecular complexity index is 364. The molecular formula is C14H26N2O3. The summed E-state index contributed by atoms with van der Waals surface area (Å²) >= 11 is 0. The highest BCUT2D eigenvalue weighted by atomic mass is 16.4. The van der Waals surface area contributed by atoms with Crippen LogP contribution in [0.4, 0.5) is 4.79 Å². The third-order valence-corrected chi connectivity index (χ3v) is 4.70. The summed E-state index contributed by atoms with van der Waals surface area (Å²) in [5.41, 5.74) is -1.86. The first kappa shape index (κ1) is 15.8. The van der Waals surface area contributed by atoms with Gasteiger partial charge in [0.2, 0.25) is 0 Å². The maximum absolute atomic E-state index is 12.0. The Morgan fingerprint density at radius 2 is 1.74 bits per heavy atom.